The van der Waals surface area contributed by atoms with Crippen LogP contribution in [0.5, 0.6) is 5.75 Å². The van der Waals surface area contributed by atoms with E-state index in [4.69, 9.17) is 18.9 Å². The van der Waals surface area contributed by atoms with Crippen molar-refractivity contribution in [2.75, 3.05) is 7.11 Å². The van der Waals surface area contributed by atoms with Crippen LogP contribution in [0.3, 0.4) is 0 Å². The summed E-state index contributed by atoms with van der Waals surface area (Å²) in [7, 11) is 1.65. The molecule has 2 heterocycles. The van der Waals surface area contributed by atoms with E-state index in [2.05, 4.69) is 36.4 Å². The number of hydrogen-bond donors (Lipinski definition) is 0. The van der Waals surface area contributed by atoms with Gasteiger partial charge >= 0.3 is 5.97 Å². The van der Waals surface area contributed by atoms with Gasteiger partial charge in [-0.3, -0.25) is 4.79 Å². The van der Waals surface area contributed by atoms with Gasteiger partial charge in [0.1, 0.15) is 18.0 Å². The predicted octanol–water partition coefficient (Wildman–Crippen LogP) is 6.08. The smallest absolute Gasteiger partial charge is 0.309 e. The van der Waals surface area contributed by atoms with E-state index in [0.717, 1.165) is 28.7 Å². The van der Waals surface area contributed by atoms with Gasteiger partial charge in [0.2, 0.25) is 0 Å². The molecule has 0 saturated heterocycles. The molecule has 3 aromatic carbocycles. The number of benzene rings is 3. The Hall–Kier alpha value is -3.41. The fourth-order valence-electron chi connectivity index (χ4n) is 4.56. The molecule has 180 valence electrons. The third kappa shape index (κ3) is 5.81. The SMILES string of the molecule is COc1ccc(CO[C@H]2C=C[C@H]3C/C=C\C[C@H](c4ccc5ccccc5c4)OC(=O)C[C@H]2O3)cc1. The standard InChI is InChI=1S/C30H30O5/c1-32-25-14-10-21(11-15-25)20-33-28-17-16-26-8-4-5-9-27(35-30(31)19-29(28)34-26)24-13-12-22-6-2-3-7-23(22)18-24/h2-7,10-18,26-29H,8-9,19-20H2,1H3/b5-4-/t26-,27-,28+,29-/m1/s1. The molecule has 5 heteroatoms. The Balaban J connectivity index is 1.30. The second-order valence-electron chi connectivity index (χ2n) is 8.95. The Kier molecular flexibility index (Phi) is 7.26. The van der Waals surface area contributed by atoms with Crippen molar-refractivity contribution in [3.05, 3.63) is 102 Å². The molecule has 3 aromatic rings. The lowest BCUT2D eigenvalue weighted by Gasteiger charge is -2.32. The molecule has 5 nitrogen and oxygen atoms in total. The highest BCUT2D eigenvalue weighted by Gasteiger charge is 2.31. The molecule has 0 radical (unpaired) electrons. The van der Waals surface area contributed by atoms with E-state index >= 15 is 0 Å². The second-order valence-corrected chi connectivity index (χ2v) is 8.95. The Morgan fingerprint density at radius 3 is 2.54 bits per heavy atom. The van der Waals surface area contributed by atoms with Gasteiger partial charge in [0.15, 0.2) is 0 Å². The number of cyclic esters (lactones) is 1. The van der Waals surface area contributed by atoms with Crippen LogP contribution < -0.4 is 4.74 Å². The molecule has 0 N–H and O–H groups in total. The summed E-state index contributed by atoms with van der Waals surface area (Å²) in [5, 5.41) is 2.30. The summed E-state index contributed by atoms with van der Waals surface area (Å²) in [6, 6.07) is 22.2. The Labute approximate surface area is 206 Å². The highest BCUT2D eigenvalue weighted by atomic mass is 16.6. The van der Waals surface area contributed by atoms with Crippen molar-refractivity contribution < 1.29 is 23.7 Å². The molecule has 35 heavy (non-hydrogen) atoms. The highest BCUT2D eigenvalue weighted by molar-refractivity contribution is 5.83. The van der Waals surface area contributed by atoms with Crippen molar-refractivity contribution in [1.82, 2.24) is 0 Å². The molecule has 0 spiro atoms. The van der Waals surface area contributed by atoms with Crippen LogP contribution in [0.15, 0.2) is 91.0 Å². The van der Waals surface area contributed by atoms with Crippen LogP contribution >= 0.6 is 0 Å². The van der Waals surface area contributed by atoms with Gasteiger partial charge < -0.3 is 18.9 Å². The number of carbonyl (C=O) groups is 1. The molecule has 0 saturated carbocycles. The number of esters is 1. The number of rotatable bonds is 5. The number of hydrogen-bond acceptors (Lipinski definition) is 5. The first-order valence-corrected chi connectivity index (χ1v) is 12.1. The maximum absolute atomic E-state index is 13.0. The van der Waals surface area contributed by atoms with Crippen molar-refractivity contribution >= 4 is 16.7 Å². The number of methoxy groups -OCH3 is 1. The zero-order valence-electron chi connectivity index (χ0n) is 19.8. The normalized spacial score (nSPS) is 25.5. The summed E-state index contributed by atoms with van der Waals surface area (Å²) < 4.78 is 23.6. The van der Waals surface area contributed by atoms with Crippen LogP contribution in [0.4, 0.5) is 0 Å². The lowest BCUT2D eigenvalue weighted by molar-refractivity contribution is -0.158. The first kappa shape index (κ1) is 23.3. The average molecular weight is 471 g/mol. The van der Waals surface area contributed by atoms with Crippen LogP contribution in [0.2, 0.25) is 0 Å². The Bertz CT molecular complexity index is 1210. The van der Waals surface area contributed by atoms with Gasteiger partial charge in [-0.25, -0.2) is 0 Å². The summed E-state index contributed by atoms with van der Waals surface area (Å²) in [5.74, 6) is 0.521. The molecular weight excluding hydrogens is 440 g/mol. The van der Waals surface area contributed by atoms with Crippen LogP contribution in [-0.4, -0.2) is 31.4 Å². The molecule has 0 aliphatic carbocycles. The summed E-state index contributed by atoms with van der Waals surface area (Å²) in [6.07, 6.45) is 8.59. The topological polar surface area (TPSA) is 54.0 Å². The summed E-state index contributed by atoms with van der Waals surface area (Å²) >= 11 is 0. The zero-order chi connectivity index (χ0) is 24.0. The molecular formula is C30H30O5. The molecule has 5 rings (SSSR count). The highest BCUT2D eigenvalue weighted by Crippen LogP contribution is 2.29. The Morgan fingerprint density at radius 2 is 1.71 bits per heavy atom. The summed E-state index contributed by atoms with van der Waals surface area (Å²) in [4.78, 5) is 13.0. The minimum absolute atomic E-state index is 0.0814. The van der Waals surface area contributed by atoms with Gasteiger partial charge in [-0.15, -0.1) is 0 Å². The molecule has 0 amide bonds. The zero-order valence-corrected chi connectivity index (χ0v) is 19.8. The van der Waals surface area contributed by atoms with E-state index in [9.17, 15) is 4.79 Å². The fraction of sp³-hybridized carbons (Fsp3) is 0.300. The Morgan fingerprint density at radius 1 is 0.914 bits per heavy atom. The van der Waals surface area contributed by atoms with Gasteiger partial charge in [-0.1, -0.05) is 72.8 Å². The minimum atomic E-state index is -0.403. The van der Waals surface area contributed by atoms with Gasteiger partial charge in [0, 0.05) is 6.42 Å². The predicted molar refractivity (Wildman–Crippen MR) is 135 cm³/mol. The van der Waals surface area contributed by atoms with E-state index in [1.54, 1.807) is 7.11 Å². The van der Waals surface area contributed by atoms with Crippen LogP contribution in [0.1, 0.15) is 36.5 Å². The van der Waals surface area contributed by atoms with E-state index < -0.39 is 6.10 Å². The van der Waals surface area contributed by atoms with Crippen molar-refractivity contribution in [3.8, 4) is 5.75 Å². The van der Waals surface area contributed by atoms with E-state index in [-0.39, 0.29) is 30.7 Å². The third-order valence-corrected chi connectivity index (χ3v) is 6.51. The van der Waals surface area contributed by atoms with Crippen molar-refractivity contribution in [2.24, 2.45) is 0 Å². The second kappa shape index (κ2) is 10.9. The van der Waals surface area contributed by atoms with E-state index in [1.807, 2.05) is 54.6 Å². The summed E-state index contributed by atoms with van der Waals surface area (Å²) in [5.41, 5.74) is 2.02. The number of ether oxygens (including phenoxy) is 4. The molecule has 2 bridgehead atoms. The lowest BCUT2D eigenvalue weighted by Crippen LogP contribution is -2.38. The average Bonchev–Trinajstić information content (AvgIpc) is 2.92. The molecule has 0 unspecified atom stereocenters. The molecule has 2 aliphatic rings. The monoisotopic (exact) mass is 470 g/mol. The van der Waals surface area contributed by atoms with Gasteiger partial charge in [0.05, 0.1) is 32.3 Å². The number of carbonyl (C=O) groups excluding carboxylic acids is 1. The van der Waals surface area contributed by atoms with Crippen molar-refractivity contribution in [1.29, 1.82) is 0 Å². The number of fused-ring (bicyclic) bond motifs is 3. The van der Waals surface area contributed by atoms with E-state index in [0.29, 0.717) is 13.0 Å². The minimum Gasteiger partial charge on any atom is -0.497 e. The largest absolute Gasteiger partial charge is 0.497 e. The first-order chi connectivity index (χ1) is 17.2. The first-order valence-electron chi connectivity index (χ1n) is 12.1. The van der Waals surface area contributed by atoms with Crippen LogP contribution in [0.25, 0.3) is 10.8 Å². The van der Waals surface area contributed by atoms with Gasteiger partial charge in [0.25, 0.3) is 0 Å². The molecule has 0 fully saturated rings. The van der Waals surface area contributed by atoms with E-state index in [1.165, 1.54) is 5.39 Å². The van der Waals surface area contributed by atoms with Crippen molar-refractivity contribution in [2.45, 2.75) is 50.3 Å². The lowest BCUT2D eigenvalue weighted by atomic mass is 10.0. The quantitative estimate of drug-likeness (QED) is 0.334. The van der Waals surface area contributed by atoms with Crippen LogP contribution in [0, 0.1) is 0 Å². The van der Waals surface area contributed by atoms with Crippen molar-refractivity contribution in [3.63, 3.8) is 0 Å². The maximum atomic E-state index is 13.0. The fourth-order valence-corrected chi connectivity index (χ4v) is 4.56. The van der Waals surface area contributed by atoms with Crippen LogP contribution in [-0.2, 0) is 25.6 Å². The van der Waals surface area contributed by atoms with Gasteiger partial charge in [-0.05, 0) is 46.5 Å². The third-order valence-electron chi connectivity index (χ3n) is 6.51. The molecule has 2 aliphatic heterocycles. The maximum Gasteiger partial charge on any atom is 0.309 e. The molecule has 4 atom stereocenters. The van der Waals surface area contributed by atoms with Gasteiger partial charge in [-0.2, -0.15) is 0 Å². The molecule has 0 aromatic heterocycles. The summed E-state index contributed by atoms with van der Waals surface area (Å²) in [6.45, 7) is 0.415.